The zero-order valence-corrected chi connectivity index (χ0v) is 14.6. The number of carbonyl (C=O) groups excluding carboxylic acids is 2. The molecule has 0 spiro atoms. The molecule has 0 amide bonds. The number of esters is 2. The van der Waals surface area contributed by atoms with Gasteiger partial charge in [0.05, 0.1) is 12.6 Å². The third-order valence-electron chi connectivity index (χ3n) is 5.59. The molecule has 7 nitrogen and oxygen atoms in total. The van der Waals surface area contributed by atoms with Gasteiger partial charge in [-0.05, 0) is 25.3 Å². The number of hydrogen-bond donors (Lipinski definition) is 2. The van der Waals surface area contributed by atoms with E-state index in [0.29, 0.717) is 5.57 Å². The smallest absolute Gasteiger partial charge is 0.341 e. The Morgan fingerprint density at radius 1 is 1.44 bits per heavy atom. The molecule has 7 heteroatoms. The van der Waals surface area contributed by atoms with Crippen LogP contribution < -0.4 is 0 Å². The molecule has 25 heavy (non-hydrogen) atoms. The van der Waals surface area contributed by atoms with Crippen LogP contribution in [-0.2, 0) is 19.1 Å². The maximum absolute atomic E-state index is 12.6. The molecule has 3 heterocycles. The summed E-state index contributed by atoms with van der Waals surface area (Å²) in [5, 5.41) is 20.2. The molecular weight excluding hydrogens is 326 g/mol. The van der Waals surface area contributed by atoms with Crippen LogP contribution >= 0.6 is 0 Å². The van der Waals surface area contributed by atoms with Gasteiger partial charge >= 0.3 is 11.9 Å². The van der Waals surface area contributed by atoms with Gasteiger partial charge in [-0.1, -0.05) is 19.1 Å². The van der Waals surface area contributed by atoms with Crippen LogP contribution in [-0.4, -0.2) is 71.1 Å². The van der Waals surface area contributed by atoms with E-state index in [4.69, 9.17) is 9.47 Å². The topological polar surface area (TPSA) is 96.3 Å². The molecule has 3 aliphatic rings. The SMILES string of the molecule is C/C=C1/C[C@@H](C)[C@](O)(CO)C(=O)OCC2=CCN3CC[C@H](OC1=O)[C@@H]23. The molecular formula is C18H25NO6. The monoisotopic (exact) mass is 351 g/mol. The lowest BCUT2D eigenvalue weighted by molar-refractivity contribution is -0.176. The van der Waals surface area contributed by atoms with Gasteiger partial charge in [0.15, 0.2) is 5.60 Å². The Hall–Kier alpha value is -1.70. The second-order valence-electron chi connectivity index (χ2n) is 7.03. The van der Waals surface area contributed by atoms with Gasteiger partial charge in [0.2, 0.25) is 0 Å². The van der Waals surface area contributed by atoms with Crippen molar-refractivity contribution in [3.8, 4) is 0 Å². The predicted molar refractivity (Wildman–Crippen MR) is 88.5 cm³/mol. The molecule has 0 aliphatic carbocycles. The first-order valence-electron chi connectivity index (χ1n) is 8.70. The highest BCUT2D eigenvalue weighted by atomic mass is 16.6. The lowest BCUT2D eigenvalue weighted by Crippen LogP contribution is -2.50. The molecule has 0 unspecified atom stereocenters. The van der Waals surface area contributed by atoms with Gasteiger partial charge in [-0.25, -0.2) is 9.59 Å². The van der Waals surface area contributed by atoms with Crippen molar-refractivity contribution in [2.45, 2.75) is 44.4 Å². The molecule has 0 aromatic rings. The van der Waals surface area contributed by atoms with E-state index in [1.807, 2.05) is 6.08 Å². The molecule has 3 rings (SSSR count). The Labute approximate surface area is 146 Å². The van der Waals surface area contributed by atoms with Crippen molar-refractivity contribution in [3.05, 3.63) is 23.3 Å². The second-order valence-corrected chi connectivity index (χ2v) is 7.03. The van der Waals surface area contributed by atoms with Crippen LogP contribution in [0, 0.1) is 5.92 Å². The quantitative estimate of drug-likeness (QED) is 0.395. The summed E-state index contributed by atoms with van der Waals surface area (Å²) in [6.45, 7) is 4.12. The number of hydrogen-bond acceptors (Lipinski definition) is 7. The summed E-state index contributed by atoms with van der Waals surface area (Å²) in [6, 6.07) is -0.0890. The zero-order chi connectivity index (χ0) is 18.2. The van der Waals surface area contributed by atoms with E-state index in [0.717, 1.165) is 25.1 Å². The van der Waals surface area contributed by atoms with Crippen LogP contribution in [0.1, 0.15) is 26.7 Å². The third-order valence-corrected chi connectivity index (χ3v) is 5.59. The summed E-state index contributed by atoms with van der Waals surface area (Å²) in [5.41, 5.74) is -0.796. The minimum Gasteiger partial charge on any atom is -0.459 e. The minimum atomic E-state index is -2.05. The number of aliphatic hydroxyl groups is 2. The van der Waals surface area contributed by atoms with Crippen molar-refractivity contribution >= 4 is 11.9 Å². The van der Waals surface area contributed by atoms with E-state index in [1.165, 1.54) is 0 Å². The van der Waals surface area contributed by atoms with E-state index < -0.39 is 30.1 Å². The lowest BCUT2D eigenvalue weighted by Gasteiger charge is -2.32. The van der Waals surface area contributed by atoms with Gasteiger partial charge in [-0.15, -0.1) is 0 Å². The molecule has 0 aromatic heterocycles. The van der Waals surface area contributed by atoms with E-state index in [2.05, 4.69) is 4.90 Å². The number of allylic oxidation sites excluding steroid dienone is 1. The highest BCUT2D eigenvalue weighted by molar-refractivity contribution is 5.89. The van der Waals surface area contributed by atoms with Crippen molar-refractivity contribution < 1.29 is 29.3 Å². The predicted octanol–water partition coefficient (Wildman–Crippen LogP) is 0.165. The fraction of sp³-hybridized carbons (Fsp3) is 0.667. The summed E-state index contributed by atoms with van der Waals surface area (Å²) >= 11 is 0. The van der Waals surface area contributed by atoms with Crippen LogP contribution in [0.15, 0.2) is 23.3 Å². The summed E-state index contributed by atoms with van der Waals surface area (Å²) < 4.78 is 11.1. The van der Waals surface area contributed by atoms with Gasteiger partial charge in [0, 0.05) is 24.6 Å². The molecule has 0 radical (unpaired) electrons. The first-order chi connectivity index (χ1) is 11.9. The normalized spacial score (nSPS) is 38.5. The van der Waals surface area contributed by atoms with Crippen molar-refractivity contribution in [2.24, 2.45) is 5.92 Å². The highest BCUT2D eigenvalue weighted by Gasteiger charge is 2.46. The highest BCUT2D eigenvalue weighted by Crippen LogP contribution is 2.34. The van der Waals surface area contributed by atoms with Crippen molar-refractivity contribution in [3.63, 3.8) is 0 Å². The molecule has 2 saturated heterocycles. The molecule has 0 aromatic carbocycles. The van der Waals surface area contributed by atoms with Crippen LogP contribution in [0.5, 0.6) is 0 Å². The average molecular weight is 351 g/mol. The van der Waals surface area contributed by atoms with Gasteiger partial charge in [-0.3, -0.25) is 4.90 Å². The number of cyclic esters (lactones) is 1. The van der Waals surface area contributed by atoms with Gasteiger partial charge in [-0.2, -0.15) is 0 Å². The molecule has 3 aliphatic heterocycles. The van der Waals surface area contributed by atoms with Crippen LogP contribution in [0.2, 0.25) is 0 Å². The second kappa shape index (κ2) is 6.90. The first-order valence-corrected chi connectivity index (χ1v) is 8.70. The minimum absolute atomic E-state index is 0.0273. The van der Waals surface area contributed by atoms with Crippen LogP contribution in [0.3, 0.4) is 0 Å². The fourth-order valence-corrected chi connectivity index (χ4v) is 3.85. The maximum Gasteiger partial charge on any atom is 0.341 e. The number of rotatable bonds is 1. The maximum atomic E-state index is 12.6. The zero-order valence-electron chi connectivity index (χ0n) is 14.6. The fourth-order valence-electron chi connectivity index (χ4n) is 3.85. The number of ether oxygens (including phenoxy) is 2. The standard InChI is InChI=1S/C18H25NO6/c1-3-12-8-11(2)18(23,10-20)17(22)24-9-13-4-6-19-7-5-14(15(13)19)25-16(12)21/h3-4,11,14-15,20,23H,5-10H2,1-2H3/b12-3-/t11-,14+,15-,18-/m1/s1. The number of aliphatic hydroxyl groups excluding tert-OH is 1. The van der Waals surface area contributed by atoms with Gasteiger partial charge in [0.1, 0.15) is 12.7 Å². The van der Waals surface area contributed by atoms with Crippen molar-refractivity contribution in [1.82, 2.24) is 4.90 Å². The largest absolute Gasteiger partial charge is 0.459 e. The summed E-state index contributed by atoms with van der Waals surface area (Å²) in [6.07, 6.45) is 4.20. The Kier molecular flexibility index (Phi) is 4.99. The first kappa shape index (κ1) is 18.1. The Bertz CT molecular complexity index is 627. The molecule has 138 valence electrons. The number of carbonyl (C=O) groups is 2. The third kappa shape index (κ3) is 3.12. The van der Waals surface area contributed by atoms with Gasteiger partial charge < -0.3 is 19.7 Å². The summed E-state index contributed by atoms with van der Waals surface area (Å²) in [4.78, 5) is 27.2. The number of nitrogens with zero attached hydrogens (tertiary/aromatic N) is 1. The molecule has 4 atom stereocenters. The van der Waals surface area contributed by atoms with Crippen molar-refractivity contribution in [1.29, 1.82) is 0 Å². The van der Waals surface area contributed by atoms with Crippen LogP contribution in [0.25, 0.3) is 0 Å². The summed E-state index contributed by atoms with van der Waals surface area (Å²) in [7, 11) is 0. The van der Waals surface area contributed by atoms with E-state index in [-0.39, 0.29) is 25.2 Å². The van der Waals surface area contributed by atoms with E-state index >= 15 is 0 Å². The van der Waals surface area contributed by atoms with Crippen molar-refractivity contribution in [2.75, 3.05) is 26.3 Å². The molecule has 0 saturated carbocycles. The van der Waals surface area contributed by atoms with E-state index in [9.17, 15) is 19.8 Å². The van der Waals surface area contributed by atoms with Crippen LogP contribution in [0.4, 0.5) is 0 Å². The Balaban J connectivity index is 1.93. The van der Waals surface area contributed by atoms with E-state index in [1.54, 1.807) is 19.9 Å². The van der Waals surface area contributed by atoms with Gasteiger partial charge in [0.25, 0.3) is 0 Å². The molecule has 2 fully saturated rings. The lowest BCUT2D eigenvalue weighted by atomic mass is 9.84. The molecule has 0 bridgehead atoms. The molecule has 2 N–H and O–H groups in total. The summed E-state index contributed by atoms with van der Waals surface area (Å²) in [5.74, 6) is -1.99. The Morgan fingerprint density at radius 2 is 2.20 bits per heavy atom. The average Bonchev–Trinajstić information content (AvgIpc) is 3.18. The Morgan fingerprint density at radius 3 is 2.88 bits per heavy atom.